The normalized spacial score (nSPS) is 28.7. The highest BCUT2D eigenvalue weighted by molar-refractivity contribution is 5.74. The number of quaternary nitrogens is 1. The average Bonchev–Trinajstić information content (AvgIpc) is 3.02. The molecule has 4 rings (SSSR count). The monoisotopic (exact) mass is 314 g/mol. The summed E-state index contributed by atoms with van der Waals surface area (Å²) in [7, 11) is 0. The summed E-state index contributed by atoms with van der Waals surface area (Å²) in [5.41, 5.74) is -1.51. The number of allylic oxidation sites excluding steroid dienone is 1. The highest BCUT2D eigenvalue weighted by Crippen LogP contribution is 2.47. The van der Waals surface area contributed by atoms with Gasteiger partial charge in [0.1, 0.15) is 11.7 Å². The van der Waals surface area contributed by atoms with Crippen LogP contribution in [0.1, 0.15) is 18.4 Å². The summed E-state index contributed by atoms with van der Waals surface area (Å²) >= 11 is 0. The minimum Gasteiger partial charge on any atom is -0.258 e. The first-order chi connectivity index (χ1) is 10.4. The molecule has 2 bridgehead atoms. The summed E-state index contributed by atoms with van der Waals surface area (Å²) in [5, 5.41) is 12.6. The van der Waals surface area contributed by atoms with Gasteiger partial charge in [-0.15, -0.1) is 5.06 Å². The average molecular weight is 314 g/mol. The molecule has 9 heteroatoms. The quantitative estimate of drug-likeness (QED) is 0.489. The van der Waals surface area contributed by atoms with Crippen molar-refractivity contribution in [2.45, 2.75) is 31.1 Å². The number of anilines is 1. The van der Waals surface area contributed by atoms with Gasteiger partial charge in [-0.2, -0.15) is 18.2 Å². The van der Waals surface area contributed by atoms with Gasteiger partial charge in [-0.05, 0) is 6.42 Å². The molecule has 3 aliphatic rings. The fraction of sp³-hybridized carbons (Fsp3) is 0.385. The Morgan fingerprint density at radius 3 is 2.86 bits per heavy atom. The van der Waals surface area contributed by atoms with Crippen molar-refractivity contribution in [1.29, 1.82) is 0 Å². The van der Waals surface area contributed by atoms with Crippen LogP contribution in [0.2, 0.25) is 0 Å². The minimum absolute atomic E-state index is 0.0411. The highest BCUT2D eigenvalue weighted by atomic mass is 19.4. The Hall–Kier alpha value is -2.13. The van der Waals surface area contributed by atoms with E-state index in [9.17, 15) is 23.3 Å². The predicted octanol–water partition coefficient (Wildman–Crippen LogP) is 1.90. The van der Waals surface area contributed by atoms with Crippen molar-refractivity contribution in [1.82, 2.24) is 0 Å². The standard InChI is InChI=1S/C13H10F3N3O3/c14-13(15,16)8-5-7(19(20)21)6-11-12(8)18-10-4-2-1-3-9(10)17(11)22-18/h2,4-6,9-10H,1,3H2/p+1. The van der Waals surface area contributed by atoms with E-state index in [1.807, 2.05) is 12.2 Å². The van der Waals surface area contributed by atoms with E-state index in [-0.39, 0.29) is 23.5 Å². The van der Waals surface area contributed by atoms with Gasteiger partial charge in [0.05, 0.1) is 16.6 Å². The van der Waals surface area contributed by atoms with Gasteiger partial charge in [0.25, 0.3) is 5.69 Å². The summed E-state index contributed by atoms with van der Waals surface area (Å²) in [6.07, 6.45) is 0.656. The summed E-state index contributed by atoms with van der Waals surface area (Å²) in [5.74, 6) is 0. The number of hydrogen-bond donors (Lipinski definition) is 1. The lowest BCUT2D eigenvalue weighted by Gasteiger charge is -2.27. The first-order valence-corrected chi connectivity index (χ1v) is 6.78. The van der Waals surface area contributed by atoms with E-state index < -0.39 is 22.4 Å². The van der Waals surface area contributed by atoms with Crippen molar-refractivity contribution in [2.75, 3.05) is 5.06 Å². The van der Waals surface area contributed by atoms with Crippen molar-refractivity contribution < 1.29 is 28.1 Å². The maximum atomic E-state index is 13.3. The molecule has 1 saturated heterocycles. The van der Waals surface area contributed by atoms with Gasteiger partial charge >= 0.3 is 6.18 Å². The van der Waals surface area contributed by atoms with Crippen LogP contribution in [-0.4, -0.2) is 17.0 Å². The van der Waals surface area contributed by atoms with Crippen LogP contribution in [0.25, 0.3) is 0 Å². The van der Waals surface area contributed by atoms with E-state index in [2.05, 4.69) is 0 Å². The summed E-state index contributed by atoms with van der Waals surface area (Å²) in [6.45, 7) is 0. The second-order valence-electron chi connectivity index (χ2n) is 5.53. The predicted molar refractivity (Wildman–Crippen MR) is 68.2 cm³/mol. The Kier molecular flexibility index (Phi) is 2.58. The number of hydroxylamine groups is 2. The van der Waals surface area contributed by atoms with Crippen molar-refractivity contribution in [2.24, 2.45) is 0 Å². The molecule has 116 valence electrons. The number of nitrogens with zero attached hydrogens (tertiary/aromatic N) is 2. The Balaban J connectivity index is 1.93. The molecular weight excluding hydrogens is 303 g/mol. The lowest BCUT2D eigenvalue weighted by atomic mass is 9.92. The number of alkyl halides is 3. The second-order valence-corrected chi connectivity index (χ2v) is 5.53. The summed E-state index contributed by atoms with van der Waals surface area (Å²) in [4.78, 5) is 15.7. The van der Waals surface area contributed by atoms with Gasteiger partial charge in [-0.25, -0.2) is 0 Å². The SMILES string of the molecule is O=[N+]([O-])c1cc2c(c(C(F)(F)F)c1)N1O[NH+]2C2CCC=CC21. The zero-order valence-corrected chi connectivity index (χ0v) is 11.1. The van der Waals surface area contributed by atoms with Crippen LogP contribution >= 0.6 is 0 Å². The van der Waals surface area contributed by atoms with Gasteiger partial charge in [0, 0.05) is 12.5 Å². The Labute approximate surface area is 122 Å². The molecule has 1 aromatic carbocycles. The first-order valence-electron chi connectivity index (χ1n) is 6.78. The number of rotatable bonds is 1. The largest absolute Gasteiger partial charge is 0.418 e. The Morgan fingerprint density at radius 2 is 2.18 bits per heavy atom. The zero-order valence-electron chi connectivity index (χ0n) is 11.1. The van der Waals surface area contributed by atoms with Crippen LogP contribution in [0.15, 0.2) is 24.3 Å². The van der Waals surface area contributed by atoms with Crippen molar-refractivity contribution in [3.05, 3.63) is 40.0 Å². The van der Waals surface area contributed by atoms with Crippen LogP contribution in [0.5, 0.6) is 0 Å². The molecule has 0 aromatic heterocycles. The molecule has 1 fully saturated rings. The number of hydrogen-bond acceptors (Lipinski definition) is 4. The van der Waals surface area contributed by atoms with Gasteiger partial charge < -0.3 is 0 Å². The second kappa shape index (κ2) is 4.20. The van der Waals surface area contributed by atoms with Gasteiger partial charge in [-0.3, -0.25) is 10.1 Å². The molecule has 2 aliphatic heterocycles. The number of nitro groups is 1. The topological polar surface area (TPSA) is 60.0 Å². The minimum atomic E-state index is -4.68. The van der Waals surface area contributed by atoms with Gasteiger partial charge in [0.15, 0.2) is 11.7 Å². The van der Waals surface area contributed by atoms with Crippen LogP contribution in [-0.2, 0) is 11.1 Å². The lowest BCUT2D eigenvalue weighted by Crippen LogP contribution is -3.08. The third kappa shape index (κ3) is 1.69. The van der Waals surface area contributed by atoms with E-state index in [1.54, 1.807) is 0 Å². The number of halogens is 3. The number of nitro benzene ring substituents is 1. The molecule has 2 heterocycles. The molecule has 1 aromatic rings. The lowest BCUT2D eigenvalue weighted by molar-refractivity contribution is -1.04. The smallest absolute Gasteiger partial charge is 0.258 e. The molecule has 6 nitrogen and oxygen atoms in total. The van der Waals surface area contributed by atoms with E-state index in [0.29, 0.717) is 11.1 Å². The Bertz CT molecular complexity index is 704. The van der Waals surface area contributed by atoms with Crippen molar-refractivity contribution in [3.63, 3.8) is 0 Å². The number of nitrogens with one attached hydrogen (secondary N) is 1. The molecule has 3 atom stereocenters. The van der Waals surface area contributed by atoms with E-state index in [1.165, 1.54) is 11.1 Å². The fourth-order valence-electron chi connectivity index (χ4n) is 3.39. The van der Waals surface area contributed by atoms with E-state index >= 15 is 0 Å². The van der Waals surface area contributed by atoms with E-state index in [4.69, 9.17) is 4.94 Å². The fourth-order valence-corrected chi connectivity index (χ4v) is 3.39. The molecule has 0 radical (unpaired) electrons. The maximum absolute atomic E-state index is 13.3. The van der Waals surface area contributed by atoms with Crippen molar-refractivity contribution in [3.8, 4) is 0 Å². The number of fused-ring (bicyclic) bond motifs is 8. The van der Waals surface area contributed by atoms with Crippen LogP contribution in [0.4, 0.5) is 30.2 Å². The molecule has 22 heavy (non-hydrogen) atoms. The molecular formula is C13H11F3N3O3+. The van der Waals surface area contributed by atoms with Crippen LogP contribution in [0.3, 0.4) is 0 Å². The molecule has 0 spiro atoms. The molecule has 1 N–H and O–H groups in total. The highest BCUT2D eigenvalue weighted by Gasteiger charge is 2.58. The first kappa shape index (κ1) is 13.5. The number of benzene rings is 1. The Morgan fingerprint density at radius 1 is 1.41 bits per heavy atom. The summed E-state index contributed by atoms with van der Waals surface area (Å²) in [6, 6.07) is 1.44. The van der Waals surface area contributed by atoms with Gasteiger partial charge in [0.2, 0.25) is 0 Å². The van der Waals surface area contributed by atoms with Crippen LogP contribution in [0, 0.1) is 10.1 Å². The molecule has 0 saturated carbocycles. The third-order valence-corrected chi connectivity index (χ3v) is 4.29. The zero-order chi connectivity index (χ0) is 15.6. The van der Waals surface area contributed by atoms with Crippen LogP contribution < -0.4 is 10.1 Å². The van der Waals surface area contributed by atoms with Gasteiger partial charge in [-0.1, -0.05) is 17.1 Å². The third-order valence-electron chi connectivity index (χ3n) is 4.29. The molecule has 1 aliphatic carbocycles. The molecule has 0 amide bonds. The number of non-ortho nitro benzene ring substituents is 1. The summed E-state index contributed by atoms with van der Waals surface area (Å²) < 4.78 is 39.9. The van der Waals surface area contributed by atoms with E-state index in [0.717, 1.165) is 12.8 Å². The van der Waals surface area contributed by atoms with Crippen molar-refractivity contribution >= 4 is 17.1 Å². The maximum Gasteiger partial charge on any atom is 0.418 e. The molecule has 3 unspecified atom stereocenters.